The molecule has 116 valence electrons. The molecule has 0 saturated heterocycles. The molecule has 0 amide bonds. The highest BCUT2D eigenvalue weighted by atomic mass is 16.6. The number of phenols is 1. The Morgan fingerprint density at radius 3 is 2.57 bits per heavy atom. The van der Waals surface area contributed by atoms with Crippen molar-refractivity contribution in [3.05, 3.63) is 64.2 Å². The summed E-state index contributed by atoms with van der Waals surface area (Å²) in [6.07, 6.45) is 0. The summed E-state index contributed by atoms with van der Waals surface area (Å²) in [5, 5.41) is 10.0. The first kappa shape index (κ1) is 14.8. The van der Waals surface area contributed by atoms with Crippen molar-refractivity contribution in [2.75, 3.05) is 0 Å². The van der Waals surface area contributed by atoms with E-state index in [1.807, 2.05) is 18.2 Å². The van der Waals surface area contributed by atoms with Crippen LogP contribution in [0.3, 0.4) is 0 Å². The van der Waals surface area contributed by atoms with Crippen molar-refractivity contribution in [1.82, 2.24) is 0 Å². The molecular weight excluding hydrogens is 300 g/mol. The minimum atomic E-state index is -0.840. The number of phenolic OH excluding ortho intramolecular Hbond substituents is 1. The van der Waals surface area contributed by atoms with Crippen LogP contribution in [-0.4, -0.2) is 23.0 Å². The number of cyclic esters (lactones) is 2. The maximum atomic E-state index is 12.2. The van der Waals surface area contributed by atoms with E-state index in [-0.39, 0.29) is 28.9 Å². The zero-order chi connectivity index (χ0) is 16.6. The van der Waals surface area contributed by atoms with Crippen LogP contribution in [0.4, 0.5) is 0 Å². The first-order chi connectivity index (χ1) is 11.0. The number of hydrogen-bond acceptors (Lipinski definition) is 6. The van der Waals surface area contributed by atoms with Crippen molar-refractivity contribution in [2.45, 2.75) is 13.5 Å². The van der Waals surface area contributed by atoms with Crippen LogP contribution < -0.4 is 0 Å². The second-order valence-corrected chi connectivity index (χ2v) is 5.06. The third kappa shape index (κ3) is 2.55. The van der Waals surface area contributed by atoms with E-state index in [0.29, 0.717) is 0 Å². The molecule has 1 N–H and O–H groups in total. The Kier molecular flexibility index (Phi) is 3.57. The Morgan fingerprint density at radius 2 is 1.87 bits per heavy atom. The van der Waals surface area contributed by atoms with Gasteiger partial charge in [0.15, 0.2) is 0 Å². The van der Waals surface area contributed by atoms with E-state index < -0.39 is 23.7 Å². The van der Waals surface area contributed by atoms with Gasteiger partial charge in [0.05, 0.1) is 11.1 Å². The van der Waals surface area contributed by atoms with Gasteiger partial charge < -0.3 is 14.6 Å². The van der Waals surface area contributed by atoms with Crippen LogP contribution in [0.15, 0.2) is 36.4 Å². The molecule has 2 aromatic rings. The fourth-order valence-electron chi connectivity index (χ4n) is 2.47. The lowest BCUT2D eigenvalue weighted by atomic mass is 9.97. The topological polar surface area (TPSA) is 89.9 Å². The standard InChI is InChI=1S/C17H12O6/c1-9-13-11(15(19)23-17(13)21)7-12(18)14(9)16(20)22-8-10-5-3-2-4-6-10/h2-7,18H,8H2,1H3. The molecule has 1 aliphatic rings. The fraction of sp³-hybridized carbons (Fsp3) is 0.118. The first-order valence-electron chi connectivity index (χ1n) is 6.83. The summed E-state index contributed by atoms with van der Waals surface area (Å²) in [7, 11) is 0. The van der Waals surface area contributed by atoms with Gasteiger partial charge in [-0.1, -0.05) is 30.3 Å². The lowest BCUT2D eigenvalue weighted by Crippen LogP contribution is -2.10. The predicted molar refractivity (Wildman–Crippen MR) is 78.2 cm³/mol. The van der Waals surface area contributed by atoms with Gasteiger partial charge in [-0.2, -0.15) is 0 Å². The molecule has 1 heterocycles. The quantitative estimate of drug-likeness (QED) is 0.691. The maximum Gasteiger partial charge on any atom is 0.347 e. The maximum absolute atomic E-state index is 12.2. The Hall–Kier alpha value is -3.15. The number of rotatable bonds is 3. The Balaban J connectivity index is 1.91. The van der Waals surface area contributed by atoms with Gasteiger partial charge in [-0.25, -0.2) is 14.4 Å². The fourth-order valence-corrected chi connectivity index (χ4v) is 2.47. The molecule has 3 rings (SSSR count). The van der Waals surface area contributed by atoms with Crippen LogP contribution in [-0.2, 0) is 16.1 Å². The van der Waals surface area contributed by atoms with Crippen molar-refractivity contribution in [2.24, 2.45) is 0 Å². The number of carbonyl (C=O) groups is 3. The van der Waals surface area contributed by atoms with Crippen molar-refractivity contribution in [3.8, 4) is 5.75 Å². The largest absolute Gasteiger partial charge is 0.507 e. The Labute approximate surface area is 131 Å². The van der Waals surface area contributed by atoms with Gasteiger partial charge in [0, 0.05) is 0 Å². The zero-order valence-corrected chi connectivity index (χ0v) is 12.2. The number of fused-ring (bicyclic) bond motifs is 1. The van der Waals surface area contributed by atoms with Crippen molar-refractivity contribution in [3.63, 3.8) is 0 Å². The van der Waals surface area contributed by atoms with Gasteiger partial charge in [0.1, 0.15) is 17.9 Å². The summed E-state index contributed by atoms with van der Waals surface area (Å²) < 4.78 is 9.65. The minimum absolute atomic E-state index is 0.0144. The first-order valence-corrected chi connectivity index (χ1v) is 6.83. The number of benzene rings is 2. The molecular formula is C17H12O6. The lowest BCUT2D eigenvalue weighted by molar-refractivity contribution is 0.0440. The Morgan fingerprint density at radius 1 is 1.17 bits per heavy atom. The summed E-state index contributed by atoms with van der Waals surface area (Å²) in [6.45, 7) is 1.48. The van der Waals surface area contributed by atoms with E-state index in [4.69, 9.17) is 4.74 Å². The van der Waals surface area contributed by atoms with Gasteiger partial charge in [0.25, 0.3) is 0 Å². The molecule has 0 radical (unpaired) electrons. The van der Waals surface area contributed by atoms with Crippen LogP contribution in [0.5, 0.6) is 5.75 Å². The molecule has 0 aromatic heterocycles. The van der Waals surface area contributed by atoms with Crippen molar-refractivity contribution < 1.29 is 29.0 Å². The van der Waals surface area contributed by atoms with Crippen LogP contribution in [0.1, 0.15) is 42.2 Å². The molecule has 23 heavy (non-hydrogen) atoms. The zero-order valence-electron chi connectivity index (χ0n) is 12.2. The molecule has 0 spiro atoms. The van der Waals surface area contributed by atoms with Crippen LogP contribution in [0.2, 0.25) is 0 Å². The molecule has 2 aromatic carbocycles. The van der Waals surface area contributed by atoms with E-state index in [1.54, 1.807) is 12.1 Å². The number of ether oxygens (including phenoxy) is 2. The van der Waals surface area contributed by atoms with E-state index in [1.165, 1.54) is 6.92 Å². The molecule has 0 bridgehead atoms. The molecule has 1 aliphatic heterocycles. The van der Waals surface area contributed by atoms with Crippen LogP contribution in [0.25, 0.3) is 0 Å². The number of hydrogen-bond donors (Lipinski definition) is 1. The third-order valence-corrected chi connectivity index (χ3v) is 3.58. The van der Waals surface area contributed by atoms with Gasteiger partial charge >= 0.3 is 17.9 Å². The molecule has 6 nitrogen and oxygen atoms in total. The molecule has 0 atom stereocenters. The monoisotopic (exact) mass is 312 g/mol. The average Bonchev–Trinajstić information content (AvgIpc) is 2.80. The van der Waals surface area contributed by atoms with Gasteiger partial charge in [-0.3, -0.25) is 0 Å². The number of aromatic hydroxyl groups is 1. The van der Waals surface area contributed by atoms with Crippen molar-refractivity contribution >= 4 is 17.9 Å². The SMILES string of the molecule is Cc1c(C(=O)OCc2ccccc2)c(O)cc2c1C(=O)OC2=O. The number of esters is 3. The second-order valence-electron chi connectivity index (χ2n) is 5.06. The highest BCUT2D eigenvalue weighted by Gasteiger charge is 2.35. The lowest BCUT2D eigenvalue weighted by Gasteiger charge is -2.10. The van der Waals surface area contributed by atoms with Gasteiger partial charge in [-0.15, -0.1) is 0 Å². The normalized spacial score (nSPS) is 12.7. The smallest absolute Gasteiger partial charge is 0.347 e. The third-order valence-electron chi connectivity index (χ3n) is 3.58. The van der Waals surface area contributed by atoms with E-state index in [0.717, 1.165) is 11.6 Å². The molecule has 0 fully saturated rings. The van der Waals surface area contributed by atoms with Crippen molar-refractivity contribution in [1.29, 1.82) is 0 Å². The highest BCUT2D eigenvalue weighted by Crippen LogP contribution is 2.32. The summed E-state index contributed by atoms with van der Waals surface area (Å²) in [4.78, 5) is 35.4. The molecule has 0 saturated carbocycles. The Bertz CT molecular complexity index is 823. The molecule has 6 heteroatoms. The highest BCUT2D eigenvalue weighted by molar-refractivity contribution is 6.17. The van der Waals surface area contributed by atoms with Crippen LogP contribution in [0, 0.1) is 6.92 Å². The predicted octanol–water partition coefficient (Wildman–Crippen LogP) is 2.37. The summed E-state index contributed by atoms with van der Waals surface area (Å²) >= 11 is 0. The van der Waals surface area contributed by atoms with E-state index >= 15 is 0 Å². The van der Waals surface area contributed by atoms with Gasteiger partial charge in [-0.05, 0) is 24.1 Å². The van der Waals surface area contributed by atoms with Gasteiger partial charge in [0.2, 0.25) is 0 Å². The second kappa shape index (κ2) is 5.57. The van der Waals surface area contributed by atoms with Crippen LogP contribution >= 0.6 is 0 Å². The molecule has 0 aliphatic carbocycles. The molecule has 0 unspecified atom stereocenters. The summed E-state index contributed by atoms with van der Waals surface area (Å²) in [5.41, 5.74) is 0.734. The average molecular weight is 312 g/mol. The minimum Gasteiger partial charge on any atom is -0.507 e. The van der Waals surface area contributed by atoms with E-state index in [2.05, 4.69) is 4.74 Å². The summed E-state index contributed by atoms with van der Waals surface area (Å²) in [6, 6.07) is 10.1. The number of carbonyl (C=O) groups excluding carboxylic acids is 3. The summed E-state index contributed by atoms with van der Waals surface area (Å²) in [5.74, 6) is -2.88. The van der Waals surface area contributed by atoms with E-state index in [9.17, 15) is 19.5 Å².